The average Bonchev–Trinajstić information content (AvgIpc) is 1.63. The lowest BCUT2D eigenvalue weighted by Gasteiger charge is -2.20. The fourth-order valence-electron chi connectivity index (χ4n) is 16.0. The van der Waals surface area contributed by atoms with Gasteiger partial charge in [0.15, 0.2) is 28.9 Å². The molecule has 23 nitrogen and oxygen atoms in total. The first-order valence-electron chi connectivity index (χ1n) is 38.2. The highest BCUT2D eigenvalue weighted by molar-refractivity contribution is 6.10. The standard InChI is InChI=1S/C16H23N3O.C15H19N5.C13H18N2O.C10H14N2O.C10H14O3.C8H10N2O.C8H12O2/c1-11-14-9-8-12(10-18(2)3)16(20)15(14)19(17-11)13-6-4-5-7-13;1-9-12-7-6-10-8-17-15(16)18-13(10)14(12)19-20(9)11-4-2-3-5-11;1-9-11-7-4-8-12(16)13(11)15(14-9)10-5-2-3-6-10;1-3-13-9-6-4-5-8-7(2)11-12-10(8)9;1-3-13-9-6-4-5-8(7(2)11)10(9)12;1-5-6-3-2-4-7(11)8(6)10-9-5;1-2-10-8-6-4-3-5-7(8)9/h10,13H,4-9H2,1-3H3;8,11H,2-7H2,1H3,(H2,16,17,18);10H,2-8H2,1H3;6H,3-5H2,1-2H3,(H,11,12);6,8H,3-5H2,1-2H3;2-4H2,1H3,(H,9,10);6H,2-5H2,1H3/b12-10+;;;;;;. The van der Waals surface area contributed by atoms with Crippen molar-refractivity contribution < 1.29 is 43.0 Å². The van der Waals surface area contributed by atoms with Gasteiger partial charge in [-0.1, -0.05) is 38.5 Å². The van der Waals surface area contributed by atoms with Gasteiger partial charge in [-0.3, -0.25) is 53.0 Å². The van der Waals surface area contributed by atoms with E-state index in [1.807, 2.05) is 83.7 Å². The number of ketones is 6. The Morgan fingerprint density at radius 1 is 0.524 bits per heavy atom. The van der Waals surface area contributed by atoms with Crippen LogP contribution in [0.2, 0.25) is 0 Å². The number of aromatic amines is 2. The van der Waals surface area contributed by atoms with E-state index in [1.165, 1.54) is 110 Å². The molecule has 1 atom stereocenters. The minimum absolute atomic E-state index is 0.0599. The largest absolute Gasteiger partial charge is 0.492 e. The van der Waals surface area contributed by atoms with E-state index in [0.717, 1.165) is 159 Å². The van der Waals surface area contributed by atoms with Gasteiger partial charge < -0.3 is 24.8 Å². The number of H-pyrrole nitrogens is 2. The number of carbonyl (C=O) groups excluding carboxylic acids is 6. The van der Waals surface area contributed by atoms with E-state index < -0.39 is 5.92 Å². The molecule has 4 N–H and O–H groups in total. The highest BCUT2D eigenvalue weighted by Crippen LogP contribution is 2.40. The van der Waals surface area contributed by atoms with Gasteiger partial charge in [-0.2, -0.15) is 25.5 Å². The maximum atomic E-state index is 12.8. The van der Waals surface area contributed by atoms with Crippen molar-refractivity contribution in [2.24, 2.45) is 5.92 Å². The van der Waals surface area contributed by atoms with E-state index in [1.54, 1.807) is 6.08 Å². The van der Waals surface area contributed by atoms with Gasteiger partial charge in [0, 0.05) is 96.2 Å². The summed E-state index contributed by atoms with van der Waals surface area (Å²) >= 11 is 0. The smallest absolute Gasteiger partial charge is 0.220 e. The van der Waals surface area contributed by atoms with Crippen LogP contribution in [0.15, 0.2) is 47.7 Å². The van der Waals surface area contributed by atoms with Crippen molar-refractivity contribution in [3.8, 4) is 11.4 Å². The Bertz CT molecular complexity index is 4150. The minimum Gasteiger partial charge on any atom is -0.492 e. The first-order valence-corrected chi connectivity index (χ1v) is 38.2. The van der Waals surface area contributed by atoms with Crippen molar-refractivity contribution in [1.82, 2.24) is 64.6 Å². The van der Waals surface area contributed by atoms with E-state index in [-0.39, 0.29) is 28.9 Å². The van der Waals surface area contributed by atoms with E-state index in [4.69, 9.17) is 30.1 Å². The van der Waals surface area contributed by atoms with Crippen LogP contribution in [0, 0.1) is 40.5 Å². The third kappa shape index (κ3) is 18.4. The molecule has 0 amide bonds. The number of hydrogen-bond donors (Lipinski definition) is 3. The number of nitrogens with zero attached hydrogens (tertiary/aromatic N) is 11. The molecule has 6 heterocycles. The van der Waals surface area contributed by atoms with Crippen LogP contribution >= 0.6 is 0 Å². The molecule has 3 saturated carbocycles. The van der Waals surface area contributed by atoms with E-state index >= 15 is 0 Å². The number of fused-ring (bicyclic) bond motifs is 7. The minimum atomic E-state index is -0.466. The molecule has 23 heteroatoms. The Kier molecular flexibility index (Phi) is 26.8. The molecule has 3 fully saturated rings. The number of anilines is 1. The van der Waals surface area contributed by atoms with Crippen LogP contribution in [0.5, 0.6) is 0 Å². The number of nitrogens with one attached hydrogen (secondary N) is 2. The second-order valence-corrected chi connectivity index (χ2v) is 28.8. The maximum Gasteiger partial charge on any atom is 0.220 e. The Labute approximate surface area is 607 Å². The predicted octanol–water partition coefficient (Wildman–Crippen LogP) is 14.6. The van der Waals surface area contributed by atoms with Gasteiger partial charge in [-0.25, -0.2) is 9.97 Å². The van der Waals surface area contributed by atoms with Crippen LogP contribution in [0.3, 0.4) is 0 Å². The quantitative estimate of drug-likeness (QED) is 0.0802. The van der Waals surface area contributed by atoms with Crippen LogP contribution < -0.4 is 5.73 Å². The number of rotatable bonds is 11. The van der Waals surface area contributed by atoms with Crippen LogP contribution in [0.25, 0.3) is 17.1 Å². The molecule has 16 rings (SSSR count). The zero-order valence-corrected chi connectivity index (χ0v) is 63.0. The van der Waals surface area contributed by atoms with Crippen molar-refractivity contribution in [3.05, 3.63) is 132 Å². The molecule has 1 unspecified atom stereocenters. The number of ether oxygens (including phenoxy) is 3. The molecule has 10 aliphatic carbocycles. The molecule has 554 valence electrons. The first kappa shape index (κ1) is 76.7. The molecule has 10 aliphatic rings. The highest BCUT2D eigenvalue weighted by atomic mass is 16.5. The van der Waals surface area contributed by atoms with Gasteiger partial charge in [0.05, 0.1) is 60.9 Å². The first-order chi connectivity index (χ1) is 49.7. The summed E-state index contributed by atoms with van der Waals surface area (Å²) in [5.41, 5.74) is 25.1. The number of hydrogen-bond acceptors (Lipinski definition) is 18. The third-order valence-corrected chi connectivity index (χ3v) is 21.3. The Morgan fingerprint density at radius 2 is 1.05 bits per heavy atom. The van der Waals surface area contributed by atoms with Crippen LogP contribution in [0.1, 0.15) is 293 Å². The number of carbonyl (C=O) groups is 6. The molecular weight excluding hydrogens is 1300 g/mol. The number of Topliss-reactive ketones (excluding diaryl/α,β-unsaturated/α-hetero) is 6. The van der Waals surface area contributed by atoms with Crippen molar-refractivity contribution in [2.75, 3.05) is 39.6 Å². The molecular formula is C80H110N14O9. The van der Waals surface area contributed by atoms with Crippen molar-refractivity contribution in [2.45, 2.75) is 267 Å². The van der Waals surface area contributed by atoms with Gasteiger partial charge in [-0.05, 0) is 215 Å². The number of nitrogen functional groups attached to an aromatic ring is 1. The fraction of sp³-hybridized carbons (Fsp3) is 0.588. The normalized spacial score (nSPS) is 19.3. The van der Waals surface area contributed by atoms with Crippen LogP contribution in [-0.2, 0) is 67.1 Å². The average molecular weight is 1410 g/mol. The van der Waals surface area contributed by atoms with Crippen molar-refractivity contribution in [1.29, 1.82) is 0 Å². The lowest BCUT2D eigenvalue weighted by Crippen LogP contribution is -2.27. The predicted molar refractivity (Wildman–Crippen MR) is 396 cm³/mol. The fourth-order valence-corrected chi connectivity index (χ4v) is 16.0. The number of allylic oxidation sites excluding steroid dienone is 6. The molecule has 6 aromatic rings. The zero-order chi connectivity index (χ0) is 73.4. The van der Waals surface area contributed by atoms with Gasteiger partial charge in [-0.15, -0.1) is 0 Å². The Balaban J connectivity index is 0.000000131. The molecule has 103 heavy (non-hydrogen) atoms. The van der Waals surface area contributed by atoms with E-state index in [9.17, 15) is 28.8 Å². The second-order valence-electron chi connectivity index (χ2n) is 28.8. The summed E-state index contributed by atoms with van der Waals surface area (Å²) in [6, 6.07) is 1.49. The SMILES string of the molecule is CCOC1=CCCC(C(C)=O)C1=O.CCOC1=CCCCC1=O.CCOC1=CCCc2c1n[nH]c2C.Cc1[nH]nc2c1CCCC2=O.Cc1c2c(nn1C1CCCC1)-c1nc(N)ncc1CC2.Cc1nn(C2CCCC2)c2c1CC/C(=C\N(C)C)C2=O.Cc1nn(C2CCCC2)c2c1CCCC2=O. The topological polar surface area (TPSA) is 296 Å². The molecule has 0 aliphatic heterocycles. The Hall–Kier alpha value is -8.89. The summed E-state index contributed by atoms with van der Waals surface area (Å²) in [6.07, 6.45) is 39.9. The van der Waals surface area contributed by atoms with Gasteiger partial charge in [0.25, 0.3) is 0 Å². The second kappa shape index (κ2) is 36.0. The molecule has 0 radical (unpaired) electrons. The number of aryl methyl sites for hydroxylation is 5. The summed E-state index contributed by atoms with van der Waals surface area (Å²) in [5, 5.41) is 28.2. The molecule has 0 bridgehead atoms. The van der Waals surface area contributed by atoms with E-state index in [2.05, 4.69) is 64.7 Å². The molecule has 0 spiro atoms. The van der Waals surface area contributed by atoms with Crippen molar-refractivity contribution in [3.63, 3.8) is 0 Å². The van der Waals surface area contributed by atoms with Gasteiger partial charge in [0.2, 0.25) is 17.5 Å². The van der Waals surface area contributed by atoms with E-state index in [0.29, 0.717) is 92.6 Å². The summed E-state index contributed by atoms with van der Waals surface area (Å²) in [5.74, 6) is 2.40. The van der Waals surface area contributed by atoms with Gasteiger partial charge in [0.1, 0.15) is 40.0 Å². The Morgan fingerprint density at radius 3 is 1.65 bits per heavy atom. The summed E-state index contributed by atoms with van der Waals surface area (Å²) in [6.45, 7) is 19.2. The summed E-state index contributed by atoms with van der Waals surface area (Å²) < 4.78 is 22.1. The molecule has 0 saturated heterocycles. The van der Waals surface area contributed by atoms with Crippen molar-refractivity contribution >= 4 is 46.4 Å². The molecule has 6 aromatic heterocycles. The lowest BCUT2D eigenvalue weighted by atomic mass is 9.89. The lowest BCUT2D eigenvalue weighted by molar-refractivity contribution is -0.132. The third-order valence-electron chi connectivity index (χ3n) is 21.3. The monoisotopic (exact) mass is 1410 g/mol. The summed E-state index contributed by atoms with van der Waals surface area (Å²) in [7, 11) is 3.94. The molecule has 0 aromatic carbocycles. The number of nitrogens with two attached hydrogens (primary N) is 1. The number of aromatic nitrogens is 12. The zero-order valence-electron chi connectivity index (χ0n) is 63.0. The van der Waals surface area contributed by atoms with Gasteiger partial charge >= 0.3 is 0 Å². The van der Waals surface area contributed by atoms with Crippen LogP contribution in [-0.4, -0.2) is 133 Å². The maximum absolute atomic E-state index is 12.8. The van der Waals surface area contributed by atoms with Crippen LogP contribution in [0.4, 0.5) is 5.95 Å². The highest BCUT2D eigenvalue weighted by Gasteiger charge is 2.35. The summed E-state index contributed by atoms with van der Waals surface area (Å²) in [4.78, 5) is 80.1.